The van der Waals surface area contributed by atoms with Crippen LogP contribution in [0.4, 0.5) is 5.82 Å². The number of aromatic amines is 1. The Morgan fingerprint density at radius 3 is 2.71 bits per heavy atom. The van der Waals surface area contributed by atoms with Crippen LogP contribution in [-0.2, 0) is 0 Å². The molecule has 4 N–H and O–H groups in total. The maximum absolute atomic E-state index is 6.78. The van der Waals surface area contributed by atoms with Crippen LogP contribution in [0.15, 0.2) is 44.0 Å². The van der Waals surface area contributed by atoms with Crippen LogP contribution >= 0.6 is 0 Å². The van der Waals surface area contributed by atoms with E-state index in [0.29, 0.717) is 30.0 Å². The summed E-state index contributed by atoms with van der Waals surface area (Å²) in [6.07, 6.45) is 10.2. The van der Waals surface area contributed by atoms with E-state index in [2.05, 4.69) is 64.7 Å². The van der Waals surface area contributed by atoms with E-state index in [-0.39, 0.29) is 5.92 Å². The first-order valence-electron chi connectivity index (χ1n) is 13.4. The van der Waals surface area contributed by atoms with Crippen molar-refractivity contribution >= 4 is 22.6 Å². The number of H-pyrrole nitrogens is 1. The Bertz CT molecular complexity index is 1430. The number of fused-ring (bicyclic) bond motifs is 1. The smallest absolute Gasteiger partial charge is 0.165 e. The third kappa shape index (κ3) is 4.98. The summed E-state index contributed by atoms with van der Waals surface area (Å²) >= 11 is 0. The molecule has 1 aliphatic heterocycles. The highest BCUT2D eigenvalue weighted by atomic mass is 15.3. The lowest BCUT2D eigenvalue weighted by atomic mass is 9.86. The lowest BCUT2D eigenvalue weighted by Gasteiger charge is -2.25. The minimum atomic E-state index is 0.0517. The fourth-order valence-electron chi connectivity index (χ4n) is 5.40. The maximum Gasteiger partial charge on any atom is 0.165 e. The van der Waals surface area contributed by atoms with E-state index in [1.54, 1.807) is 4.52 Å². The second-order valence-electron chi connectivity index (χ2n) is 10.5. The van der Waals surface area contributed by atoms with Crippen molar-refractivity contribution in [2.75, 3.05) is 12.3 Å². The number of nitrogens with one attached hydrogen (secondary N) is 2. The average molecular weight is 512 g/mol. The van der Waals surface area contributed by atoms with Gasteiger partial charge in [0, 0.05) is 40.5 Å². The molecule has 0 aromatic carbocycles. The fraction of sp³-hybridized carbons (Fsp3) is 0.414. The predicted molar refractivity (Wildman–Crippen MR) is 152 cm³/mol. The highest BCUT2D eigenvalue weighted by Gasteiger charge is 2.28. The van der Waals surface area contributed by atoms with Crippen molar-refractivity contribution in [1.29, 1.82) is 0 Å². The Labute approximate surface area is 223 Å². The first-order valence-corrected chi connectivity index (χ1v) is 13.4. The second kappa shape index (κ2) is 10.9. The molecule has 5 heterocycles. The van der Waals surface area contributed by atoms with Crippen molar-refractivity contribution in [3.63, 3.8) is 0 Å². The van der Waals surface area contributed by atoms with Gasteiger partial charge in [-0.3, -0.25) is 10.1 Å². The lowest BCUT2D eigenvalue weighted by molar-refractivity contribution is 0.488. The molecule has 3 unspecified atom stereocenters. The molecule has 198 valence electrons. The molecule has 5 rings (SSSR count). The minimum Gasteiger partial charge on any atom is -0.383 e. The molecule has 0 radical (unpaired) electrons. The van der Waals surface area contributed by atoms with Gasteiger partial charge in [0.2, 0.25) is 0 Å². The maximum atomic E-state index is 6.78. The standard InChI is InChI=1S/C29H37N9/c1-6-18(4)24-10-9-20(14-32-24)23-15-35-38-27(30)25(17(2)3)26(36-29(23)38)21(13-22-8-7-11-31-22)12-19(5)28-33-16-34-37-28/h9-10,14-16,18,21-22,31H,2,5-8,11-13,30H2,1,3-4H3,(H,33,34,37). The van der Waals surface area contributed by atoms with E-state index in [1.165, 1.54) is 12.7 Å². The molecule has 1 aliphatic rings. The molecule has 0 spiro atoms. The van der Waals surface area contributed by atoms with Crippen LogP contribution in [-0.4, -0.2) is 47.3 Å². The van der Waals surface area contributed by atoms with Crippen molar-refractivity contribution in [3.8, 4) is 11.1 Å². The molecular weight excluding hydrogens is 474 g/mol. The molecule has 9 nitrogen and oxygen atoms in total. The third-order valence-electron chi connectivity index (χ3n) is 7.71. The highest BCUT2D eigenvalue weighted by Crippen LogP contribution is 2.39. The van der Waals surface area contributed by atoms with Crippen LogP contribution in [0.3, 0.4) is 0 Å². The first kappa shape index (κ1) is 25.8. The Morgan fingerprint density at radius 2 is 2.08 bits per heavy atom. The fourth-order valence-corrected chi connectivity index (χ4v) is 5.40. The number of hydrogen-bond acceptors (Lipinski definition) is 7. The van der Waals surface area contributed by atoms with Crippen LogP contribution in [0.1, 0.15) is 87.5 Å². The largest absolute Gasteiger partial charge is 0.383 e. The Balaban J connectivity index is 1.61. The Kier molecular flexibility index (Phi) is 7.37. The highest BCUT2D eigenvalue weighted by molar-refractivity contribution is 5.81. The second-order valence-corrected chi connectivity index (χ2v) is 10.5. The molecule has 4 aromatic heterocycles. The molecule has 0 aliphatic carbocycles. The summed E-state index contributed by atoms with van der Waals surface area (Å²) in [5, 5.41) is 15.2. The molecule has 4 aromatic rings. The number of allylic oxidation sites excluding steroid dienone is 2. The zero-order valence-electron chi connectivity index (χ0n) is 22.5. The number of nitrogens with two attached hydrogens (primary N) is 1. The monoisotopic (exact) mass is 511 g/mol. The van der Waals surface area contributed by atoms with Crippen LogP contribution in [0, 0.1) is 0 Å². The summed E-state index contributed by atoms with van der Waals surface area (Å²) in [6, 6.07) is 4.60. The molecule has 0 saturated carbocycles. The topological polar surface area (TPSA) is 123 Å². The van der Waals surface area contributed by atoms with E-state index in [9.17, 15) is 0 Å². The van der Waals surface area contributed by atoms with Gasteiger partial charge in [-0.15, -0.1) is 0 Å². The van der Waals surface area contributed by atoms with Gasteiger partial charge in [-0.25, -0.2) is 9.97 Å². The van der Waals surface area contributed by atoms with E-state index >= 15 is 0 Å². The molecule has 1 saturated heterocycles. The number of nitrogens with zero attached hydrogens (tertiary/aromatic N) is 6. The summed E-state index contributed by atoms with van der Waals surface area (Å²) in [4.78, 5) is 14.3. The summed E-state index contributed by atoms with van der Waals surface area (Å²) in [5.41, 5.74) is 14.0. The molecule has 9 heteroatoms. The van der Waals surface area contributed by atoms with Crippen LogP contribution in [0.2, 0.25) is 0 Å². The number of rotatable bonds is 10. The lowest BCUT2D eigenvalue weighted by Crippen LogP contribution is -2.25. The van der Waals surface area contributed by atoms with Gasteiger partial charge in [-0.2, -0.15) is 14.7 Å². The predicted octanol–water partition coefficient (Wildman–Crippen LogP) is 5.37. The van der Waals surface area contributed by atoms with Crippen LogP contribution in [0.25, 0.3) is 27.9 Å². The third-order valence-corrected chi connectivity index (χ3v) is 7.71. The Hall–Kier alpha value is -3.85. The first-order chi connectivity index (χ1) is 18.4. The summed E-state index contributed by atoms with van der Waals surface area (Å²) < 4.78 is 1.72. The van der Waals surface area contributed by atoms with Crippen molar-refractivity contribution < 1.29 is 0 Å². The van der Waals surface area contributed by atoms with Crippen molar-refractivity contribution in [1.82, 2.24) is 40.1 Å². The zero-order valence-corrected chi connectivity index (χ0v) is 22.5. The van der Waals surface area contributed by atoms with E-state index in [4.69, 9.17) is 15.7 Å². The molecule has 0 bridgehead atoms. The Morgan fingerprint density at radius 1 is 1.24 bits per heavy atom. The molecule has 3 atom stereocenters. The van der Waals surface area contributed by atoms with Gasteiger partial charge in [0.25, 0.3) is 0 Å². The van der Waals surface area contributed by atoms with Gasteiger partial charge in [0.05, 0.1) is 11.9 Å². The number of pyridine rings is 1. The van der Waals surface area contributed by atoms with E-state index in [1.807, 2.05) is 19.3 Å². The van der Waals surface area contributed by atoms with Gasteiger partial charge in [0.15, 0.2) is 11.5 Å². The quantitative estimate of drug-likeness (QED) is 0.262. The zero-order chi connectivity index (χ0) is 26.8. The molecule has 1 fully saturated rings. The van der Waals surface area contributed by atoms with Crippen LogP contribution < -0.4 is 11.1 Å². The summed E-state index contributed by atoms with van der Waals surface area (Å²) in [7, 11) is 0. The number of nitrogen functional groups attached to an aromatic ring is 1. The molecular formula is C29H37N9. The minimum absolute atomic E-state index is 0.0517. The molecule has 38 heavy (non-hydrogen) atoms. The summed E-state index contributed by atoms with van der Waals surface area (Å²) in [5.74, 6) is 1.70. The van der Waals surface area contributed by atoms with Gasteiger partial charge >= 0.3 is 0 Å². The average Bonchev–Trinajstić information content (AvgIpc) is 3.70. The number of aromatic nitrogens is 7. The van der Waals surface area contributed by atoms with Gasteiger partial charge in [-0.1, -0.05) is 33.1 Å². The SMILES string of the molecule is C=C(CC(CC1CCCN1)c1nc2c(-c3ccc(C(C)CC)nc3)cnn2c(N)c1C(=C)C)c1ncn[nH]1. The normalized spacial score (nSPS) is 17.1. The number of anilines is 1. The van der Waals surface area contributed by atoms with E-state index < -0.39 is 0 Å². The van der Waals surface area contributed by atoms with Gasteiger partial charge in [-0.05, 0) is 68.7 Å². The summed E-state index contributed by atoms with van der Waals surface area (Å²) in [6.45, 7) is 16.0. The van der Waals surface area contributed by atoms with Gasteiger partial charge < -0.3 is 11.1 Å². The number of hydrogen-bond donors (Lipinski definition) is 3. The van der Waals surface area contributed by atoms with Gasteiger partial charge in [0.1, 0.15) is 12.1 Å². The van der Waals surface area contributed by atoms with E-state index in [0.717, 1.165) is 70.7 Å². The molecule has 0 amide bonds. The van der Waals surface area contributed by atoms with Crippen molar-refractivity contribution in [2.45, 2.75) is 70.8 Å². The van der Waals surface area contributed by atoms with Crippen LogP contribution in [0.5, 0.6) is 0 Å². The van der Waals surface area contributed by atoms with Crippen molar-refractivity contribution in [3.05, 3.63) is 66.8 Å². The van der Waals surface area contributed by atoms with Crippen molar-refractivity contribution in [2.24, 2.45) is 0 Å².